The normalized spacial score (nSPS) is 17.5. The van der Waals surface area contributed by atoms with E-state index in [1.165, 1.54) is 11.8 Å². The minimum absolute atomic E-state index is 0.000230. The van der Waals surface area contributed by atoms with Gasteiger partial charge in [0.15, 0.2) is 20.8 Å². The van der Waals surface area contributed by atoms with Gasteiger partial charge in [0, 0.05) is 18.3 Å². The van der Waals surface area contributed by atoms with Gasteiger partial charge in [0.2, 0.25) is 5.91 Å². The molecule has 0 spiro atoms. The summed E-state index contributed by atoms with van der Waals surface area (Å²) in [5.74, 6) is 0.856. The Morgan fingerprint density at radius 3 is 2.61 bits per heavy atom. The molecule has 31 heavy (non-hydrogen) atoms. The molecule has 0 radical (unpaired) electrons. The van der Waals surface area contributed by atoms with Gasteiger partial charge < -0.3 is 9.47 Å². The molecular formula is C22H24N4O3S2. The van der Waals surface area contributed by atoms with Crippen LogP contribution in [0.3, 0.4) is 0 Å². The monoisotopic (exact) mass is 456 g/mol. The van der Waals surface area contributed by atoms with Crippen LogP contribution >= 0.6 is 11.8 Å². The first-order valence-corrected chi connectivity index (χ1v) is 12.8. The molecule has 162 valence electrons. The summed E-state index contributed by atoms with van der Waals surface area (Å²) < 4.78 is 25.9. The van der Waals surface area contributed by atoms with Gasteiger partial charge in [0.1, 0.15) is 0 Å². The zero-order chi connectivity index (χ0) is 22.0. The lowest BCUT2D eigenvalue weighted by molar-refractivity contribution is -0.116. The fourth-order valence-electron chi connectivity index (χ4n) is 3.80. The van der Waals surface area contributed by atoms with Crippen LogP contribution in [-0.2, 0) is 21.7 Å². The molecule has 1 aliphatic heterocycles. The highest BCUT2D eigenvalue weighted by Crippen LogP contribution is 2.27. The van der Waals surface area contributed by atoms with Crippen molar-refractivity contribution in [2.75, 3.05) is 22.2 Å². The first-order valence-electron chi connectivity index (χ1n) is 10.0. The fourth-order valence-corrected chi connectivity index (χ4v) is 6.27. The first-order chi connectivity index (χ1) is 14.8. The lowest BCUT2D eigenvalue weighted by atomic mass is 10.1. The van der Waals surface area contributed by atoms with E-state index in [9.17, 15) is 13.2 Å². The van der Waals surface area contributed by atoms with Gasteiger partial charge in [-0.05, 0) is 31.5 Å². The van der Waals surface area contributed by atoms with Crippen LogP contribution in [0, 0.1) is 6.92 Å². The Kier molecular flexibility index (Phi) is 6.15. The topological polar surface area (TPSA) is 85.2 Å². The van der Waals surface area contributed by atoms with E-state index in [4.69, 9.17) is 0 Å². The molecule has 0 aliphatic carbocycles. The van der Waals surface area contributed by atoms with Crippen LogP contribution in [0.5, 0.6) is 0 Å². The number of benzene rings is 2. The Balaban J connectivity index is 1.52. The van der Waals surface area contributed by atoms with Crippen molar-refractivity contribution in [1.29, 1.82) is 0 Å². The molecule has 0 saturated carbocycles. The van der Waals surface area contributed by atoms with Crippen LogP contribution in [0.4, 0.5) is 5.69 Å². The van der Waals surface area contributed by atoms with Gasteiger partial charge in [-0.15, -0.1) is 10.2 Å². The lowest BCUT2D eigenvalue weighted by Gasteiger charge is -2.28. The number of hydrogen-bond donors (Lipinski definition) is 0. The third-order valence-electron chi connectivity index (χ3n) is 5.31. The van der Waals surface area contributed by atoms with Crippen molar-refractivity contribution < 1.29 is 13.2 Å². The van der Waals surface area contributed by atoms with E-state index in [1.807, 2.05) is 73.1 Å². The number of sulfone groups is 1. The molecule has 2 heterocycles. The molecule has 9 heteroatoms. The summed E-state index contributed by atoms with van der Waals surface area (Å²) in [5, 5.41) is 9.18. The second-order valence-corrected chi connectivity index (χ2v) is 10.9. The summed E-state index contributed by atoms with van der Waals surface area (Å²) in [7, 11) is -1.24. The quantitative estimate of drug-likeness (QED) is 0.530. The maximum Gasteiger partial charge on any atom is 0.237 e. The molecule has 1 atom stereocenters. The first kappa shape index (κ1) is 21.6. The number of aromatic nitrogens is 3. The molecule has 1 aliphatic rings. The molecule has 2 aromatic carbocycles. The minimum Gasteiger partial charge on any atom is -0.308 e. The van der Waals surface area contributed by atoms with Crippen LogP contribution in [0.2, 0.25) is 0 Å². The van der Waals surface area contributed by atoms with Gasteiger partial charge in [0.05, 0.1) is 23.3 Å². The van der Waals surface area contributed by atoms with Gasteiger partial charge in [-0.2, -0.15) is 0 Å². The second kappa shape index (κ2) is 8.84. The van der Waals surface area contributed by atoms with Gasteiger partial charge in [0.25, 0.3) is 0 Å². The Hall–Kier alpha value is -2.65. The van der Waals surface area contributed by atoms with Crippen molar-refractivity contribution in [2.24, 2.45) is 7.05 Å². The molecule has 7 nitrogen and oxygen atoms in total. The van der Waals surface area contributed by atoms with Crippen LogP contribution in [0.1, 0.15) is 12.0 Å². The van der Waals surface area contributed by atoms with E-state index in [2.05, 4.69) is 10.2 Å². The van der Waals surface area contributed by atoms with Crippen molar-refractivity contribution >= 4 is 33.2 Å². The summed E-state index contributed by atoms with van der Waals surface area (Å²) in [6.45, 7) is 2.02. The van der Waals surface area contributed by atoms with Crippen molar-refractivity contribution in [2.45, 2.75) is 24.5 Å². The van der Waals surface area contributed by atoms with E-state index in [0.717, 1.165) is 17.0 Å². The Morgan fingerprint density at radius 2 is 1.94 bits per heavy atom. The second-order valence-electron chi connectivity index (χ2n) is 7.68. The number of para-hydroxylation sites is 1. The maximum atomic E-state index is 13.2. The van der Waals surface area contributed by atoms with E-state index >= 15 is 0 Å². The van der Waals surface area contributed by atoms with Crippen molar-refractivity contribution in [3.05, 3.63) is 60.2 Å². The number of rotatable bonds is 6. The molecule has 1 amide bonds. The smallest absolute Gasteiger partial charge is 0.237 e. The van der Waals surface area contributed by atoms with Crippen LogP contribution in [0.15, 0.2) is 59.8 Å². The number of thioether (sulfide) groups is 1. The predicted molar refractivity (Wildman–Crippen MR) is 123 cm³/mol. The third-order valence-corrected chi connectivity index (χ3v) is 8.07. The van der Waals surface area contributed by atoms with E-state index in [0.29, 0.717) is 17.3 Å². The zero-order valence-corrected chi connectivity index (χ0v) is 19.1. The zero-order valence-electron chi connectivity index (χ0n) is 17.4. The number of carbonyl (C=O) groups is 1. The highest BCUT2D eigenvalue weighted by molar-refractivity contribution is 7.99. The van der Waals surface area contributed by atoms with Gasteiger partial charge in [-0.1, -0.05) is 53.7 Å². The van der Waals surface area contributed by atoms with E-state index < -0.39 is 9.84 Å². The van der Waals surface area contributed by atoms with Crippen LogP contribution in [0.25, 0.3) is 11.4 Å². The number of amides is 1. The Morgan fingerprint density at radius 1 is 1.16 bits per heavy atom. The molecular weight excluding hydrogens is 432 g/mol. The molecule has 0 bridgehead atoms. The SMILES string of the molecule is Cc1cccc(-c2nnc(SCC(=O)N(c3ccccc3)[C@@H]3CCS(=O)(=O)C3)n2C)c1. The molecule has 1 aromatic heterocycles. The fraction of sp³-hybridized carbons (Fsp3) is 0.318. The number of nitrogens with zero attached hydrogens (tertiary/aromatic N) is 4. The van der Waals surface area contributed by atoms with Gasteiger partial charge in [-0.25, -0.2) is 8.42 Å². The summed E-state index contributed by atoms with van der Waals surface area (Å²) in [6.07, 6.45) is 0.453. The number of hydrogen-bond acceptors (Lipinski definition) is 6. The van der Waals surface area contributed by atoms with Crippen molar-refractivity contribution in [1.82, 2.24) is 14.8 Å². The summed E-state index contributed by atoms with van der Waals surface area (Å²) >= 11 is 1.31. The summed E-state index contributed by atoms with van der Waals surface area (Å²) in [6, 6.07) is 16.9. The largest absolute Gasteiger partial charge is 0.308 e. The van der Waals surface area contributed by atoms with Gasteiger partial charge in [-0.3, -0.25) is 4.79 Å². The molecule has 3 aromatic rings. The third kappa shape index (κ3) is 4.83. The standard InChI is InChI=1S/C22H24N4O3S2/c1-16-7-6-8-17(13-16)21-23-24-22(25(21)2)30-14-20(27)26(18-9-4-3-5-10-18)19-11-12-31(28,29)15-19/h3-10,13,19H,11-12,14-15H2,1-2H3/t19-/m1/s1. The molecule has 0 unspecified atom stereocenters. The van der Waals surface area contributed by atoms with Crippen LogP contribution in [-0.4, -0.2) is 52.4 Å². The Bertz CT molecular complexity index is 1190. The van der Waals surface area contributed by atoms with Gasteiger partial charge >= 0.3 is 0 Å². The maximum absolute atomic E-state index is 13.2. The summed E-state index contributed by atoms with van der Waals surface area (Å²) in [4.78, 5) is 14.8. The number of carbonyl (C=O) groups excluding carboxylic acids is 1. The van der Waals surface area contributed by atoms with E-state index in [1.54, 1.807) is 4.90 Å². The summed E-state index contributed by atoms with van der Waals surface area (Å²) in [5.41, 5.74) is 2.82. The molecule has 4 rings (SSSR count). The number of anilines is 1. The molecule has 0 N–H and O–H groups in total. The highest BCUT2D eigenvalue weighted by atomic mass is 32.2. The van der Waals surface area contributed by atoms with Crippen molar-refractivity contribution in [3.8, 4) is 11.4 Å². The van der Waals surface area contributed by atoms with Crippen molar-refractivity contribution in [3.63, 3.8) is 0 Å². The Labute approximate surface area is 186 Å². The minimum atomic E-state index is -3.11. The predicted octanol–water partition coefficient (Wildman–Crippen LogP) is 3.10. The average Bonchev–Trinajstić information content (AvgIpc) is 3.29. The average molecular weight is 457 g/mol. The number of aryl methyl sites for hydroxylation is 1. The highest BCUT2D eigenvalue weighted by Gasteiger charge is 2.35. The molecule has 1 saturated heterocycles. The molecule has 1 fully saturated rings. The van der Waals surface area contributed by atoms with E-state index in [-0.39, 0.29) is 29.2 Å². The van der Waals surface area contributed by atoms with Crippen LogP contribution < -0.4 is 4.90 Å². The lowest BCUT2D eigenvalue weighted by Crippen LogP contribution is -2.42.